The van der Waals surface area contributed by atoms with Gasteiger partial charge in [-0.15, -0.1) is 11.3 Å². The van der Waals surface area contributed by atoms with Gasteiger partial charge >= 0.3 is 0 Å². The molecule has 150 valence electrons. The Morgan fingerprint density at radius 3 is 2.93 bits per heavy atom. The van der Waals surface area contributed by atoms with Crippen LogP contribution in [-0.4, -0.2) is 56.2 Å². The smallest absolute Gasteiger partial charge is 0.162 e. The zero-order valence-electron chi connectivity index (χ0n) is 16.2. The zero-order chi connectivity index (χ0) is 19.9. The molecule has 1 aliphatic rings. The molecule has 6 rings (SSSR count). The van der Waals surface area contributed by atoms with Crippen LogP contribution in [0.4, 0.5) is 5.82 Å². The highest BCUT2D eigenvalue weighted by atomic mass is 32.1. The number of nitrogens with one attached hydrogen (secondary N) is 1. The third-order valence-electron chi connectivity index (χ3n) is 5.32. The summed E-state index contributed by atoms with van der Waals surface area (Å²) in [5.41, 5.74) is 2.93. The van der Waals surface area contributed by atoms with Gasteiger partial charge in [0, 0.05) is 41.3 Å². The van der Waals surface area contributed by atoms with Crippen molar-refractivity contribution in [1.82, 2.24) is 29.9 Å². The Bertz CT molecular complexity index is 1320. The van der Waals surface area contributed by atoms with E-state index < -0.39 is 0 Å². The van der Waals surface area contributed by atoms with Crippen molar-refractivity contribution in [2.24, 2.45) is 0 Å². The Labute approximate surface area is 176 Å². The molecule has 0 unspecified atom stereocenters. The lowest BCUT2D eigenvalue weighted by Crippen LogP contribution is -2.36. The van der Waals surface area contributed by atoms with Crippen LogP contribution in [0.5, 0.6) is 0 Å². The molecule has 1 saturated heterocycles. The van der Waals surface area contributed by atoms with Crippen molar-refractivity contribution in [3.8, 4) is 11.4 Å². The molecule has 5 heterocycles. The third-order valence-corrected chi connectivity index (χ3v) is 6.42. The van der Waals surface area contributed by atoms with Gasteiger partial charge in [0.05, 0.1) is 41.7 Å². The van der Waals surface area contributed by atoms with Gasteiger partial charge < -0.3 is 9.64 Å². The number of aromatic nitrogens is 6. The van der Waals surface area contributed by atoms with E-state index in [0.717, 1.165) is 58.0 Å². The third kappa shape index (κ3) is 3.03. The van der Waals surface area contributed by atoms with E-state index in [2.05, 4.69) is 32.3 Å². The van der Waals surface area contributed by atoms with Crippen LogP contribution in [0.1, 0.15) is 4.88 Å². The van der Waals surface area contributed by atoms with E-state index in [1.165, 1.54) is 4.88 Å². The van der Waals surface area contributed by atoms with Crippen LogP contribution in [0.3, 0.4) is 0 Å². The van der Waals surface area contributed by atoms with E-state index in [1.54, 1.807) is 17.5 Å². The van der Waals surface area contributed by atoms with Crippen molar-refractivity contribution in [2.45, 2.75) is 6.54 Å². The Morgan fingerprint density at radius 2 is 2.07 bits per heavy atom. The number of morpholine rings is 1. The minimum Gasteiger partial charge on any atom is -0.378 e. The molecule has 4 aromatic heterocycles. The van der Waals surface area contributed by atoms with Crippen molar-refractivity contribution in [3.05, 3.63) is 53.8 Å². The van der Waals surface area contributed by atoms with Gasteiger partial charge in [-0.05, 0) is 18.2 Å². The number of ether oxygens (including phenoxy) is 1. The SMILES string of the molecule is c1cc(-c2nc(N3CCOCC3)c3sc(Cn4cccn4)cc3n2)c2cn[nH]c2c1. The molecule has 0 bridgehead atoms. The molecular weight excluding hydrogens is 398 g/mol. The number of anilines is 1. The second-order valence-electron chi connectivity index (χ2n) is 7.24. The fraction of sp³-hybridized carbons (Fsp3) is 0.238. The van der Waals surface area contributed by atoms with Gasteiger partial charge in [-0.3, -0.25) is 9.78 Å². The number of nitrogens with zero attached hydrogens (tertiary/aromatic N) is 6. The lowest BCUT2D eigenvalue weighted by Gasteiger charge is -2.28. The van der Waals surface area contributed by atoms with E-state index in [-0.39, 0.29) is 0 Å². The van der Waals surface area contributed by atoms with Gasteiger partial charge in [-0.25, -0.2) is 9.97 Å². The first-order valence-electron chi connectivity index (χ1n) is 9.88. The molecule has 30 heavy (non-hydrogen) atoms. The highest BCUT2D eigenvalue weighted by Crippen LogP contribution is 2.36. The molecule has 5 aromatic rings. The van der Waals surface area contributed by atoms with E-state index in [0.29, 0.717) is 13.2 Å². The molecule has 1 N–H and O–H groups in total. The fourth-order valence-corrected chi connectivity index (χ4v) is 4.97. The molecule has 0 atom stereocenters. The predicted molar refractivity (Wildman–Crippen MR) is 117 cm³/mol. The summed E-state index contributed by atoms with van der Waals surface area (Å²) in [5, 5.41) is 12.6. The maximum absolute atomic E-state index is 5.57. The number of rotatable bonds is 4. The van der Waals surface area contributed by atoms with Gasteiger partial charge in [0.2, 0.25) is 0 Å². The standard InChI is InChI=1S/C21H19N7OS/c1-3-15(16-12-22-26-17(16)4-1)20-24-18-11-14(13-28-6-2-5-23-28)30-19(18)21(25-20)27-7-9-29-10-8-27/h1-6,11-12H,7-10,13H2,(H,22,26). The predicted octanol–water partition coefficient (Wildman–Crippen LogP) is 3.32. The number of hydrogen-bond donors (Lipinski definition) is 1. The van der Waals surface area contributed by atoms with Gasteiger partial charge in [-0.1, -0.05) is 12.1 Å². The Morgan fingerprint density at radius 1 is 1.13 bits per heavy atom. The van der Waals surface area contributed by atoms with E-state index >= 15 is 0 Å². The Kier molecular flexibility index (Phi) is 4.21. The summed E-state index contributed by atoms with van der Waals surface area (Å²) in [6.45, 7) is 3.80. The monoisotopic (exact) mass is 417 g/mol. The Hall–Kier alpha value is -3.30. The molecule has 9 heteroatoms. The number of benzene rings is 1. The lowest BCUT2D eigenvalue weighted by molar-refractivity contribution is 0.122. The van der Waals surface area contributed by atoms with Crippen molar-refractivity contribution in [2.75, 3.05) is 31.2 Å². The number of hydrogen-bond acceptors (Lipinski definition) is 7. The van der Waals surface area contributed by atoms with Crippen LogP contribution >= 0.6 is 11.3 Å². The van der Waals surface area contributed by atoms with Crippen LogP contribution in [0.15, 0.2) is 48.9 Å². The lowest BCUT2D eigenvalue weighted by atomic mass is 10.1. The molecule has 0 spiro atoms. The summed E-state index contributed by atoms with van der Waals surface area (Å²) in [6, 6.07) is 10.2. The minimum absolute atomic E-state index is 0.712. The van der Waals surface area contributed by atoms with Gasteiger partial charge in [0.15, 0.2) is 11.6 Å². The van der Waals surface area contributed by atoms with E-state index in [4.69, 9.17) is 14.7 Å². The molecular formula is C21H19N7OS. The number of thiophene rings is 1. The van der Waals surface area contributed by atoms with Gasteiger partial charge in [0.25, 0.3) is 0 Å². The zero-order valence-corrected chi connectivity index (χ0v) is 17.0. The van der Waals surface area contributed by atoms with Crippen molar-refractivity contribution >= 4 is 38.3 Å². The van der Waals surface area contributed by atoms with Crippen molar-refractivity contribution in [1.29, 1.82) is 0 Å². The Balaban J connectivity index is 1.52. The molecule has 1 aliphatic heterocycles. The normalized spacial score (nSPS) is 14.7. The van der Waals surface area contributed by atoms with Gasteiger partial charge in [0.1, 0.15) is 0 Å². The number of H-pyrrole nitrogens is 1. The fourth-order valence-electron chi connectivity index (χ4n) is 3.87. The highest BCUT2D eigenvalue weighted by Gasteiger charge is 2.21. The number of fused-ring (bicyclic) bond motifs is 2. The first-order valence-corrected chi connectivity index (χ1v) is 10.7. The summed E-state index contributed by atoms with van der Waals surface area (Å²) in [5.74, 6) is 1.70. The summed E-state index contributed by atoms with van der Waals surface area (Å²) >= 11 is 1.74. The molecule has 0 saturated carbocycles. The average molecular weight is 417 g/mol. The molecule has 1 aromatic carbocycles. The molecule has 1 fully saturated rings. The minimum atomic E-state index is 0.712. The maximum Gasteiger partial charge on any atom is 0.162 e. The van der Waals surface area contributed by atoms with E-state index in [1.807, 2.05) is 35.3 Å². The van der Waals surface area contributed by atoms with Crippen LogP contribution in [0.2, 0.25) is 0 Å². The first-order chi connectivity index (χ1) is 14.8. The molecule has 0 radical (unpaired) electrons. The summed E-state index contributed by atoms with van der Waals surface area (Å²) < 4.78 is 8.61. The van der Waals surface area contributed by atoms with E-state index in [9.17, 15) is 0 Å². The van der Waals surface area contributed by atoms with Crippen molar-refractivity contribution in [3.63, 3.8) is 0 Å². The summed E-state index contributed by atoms with van der Waals surface area (Å²) in [6.07, 6.45) is 5.61. The van der Waals surface area contributed by atoms with Gasteiger partial charge in [-0.2, -0.15) is 10.2 Å². The second kappa shape index (κ2) is 7.19. The maximum atomic E-state index is 5.57. The summed E-state index contributed by atoms with van der Waals surface area (Å²) in [4.78, 5) is 13.5. The molecule has 8 nitrogen and oxygen atoms in total. The molecule has 0 aliphatic carbocycles. The largest absolute Gasteiger partial charge is 0.378 e. The quantitative estimate of drug-likeness (QED) is 0.483. The van der Waals surface area contributed by atoms with Crippen LogP contribution in [0.25, 0.3) is 32.5 Å². The number of aromatic amines is 1. The highest BCUT2D eigenvalue weighted by molar-refractivity contribution is 7.19. The topological polar surface area (TPSA) is 84.8 Å². The van der Waals surface area contributed by atoms with Crippen LogP contribution < -0.4 is 4.90 Å². The summed E-state index contributed by atoms with van der Waals surface area (Å²) in [7, 11) is 0. The molecule has 0 amide bonds. The second-order valence-corrected chi connectivity index (χ2v) is 8.37. The van der Waals surface area contributed by atoms with Crippen LogP contribution in [0, 0.1) is 0 Å². The average Bonchev–Trinajstić information content (AvgIpc) is 3.54. The van der Waals surface area contributed by atoms with Crippen LogP contribution in [-0.2, 0) is 11.3 Å². The van der Waals surface area contributed by atoms with Crippen molar-refractivity contribution < 1.29 is 4.74 Å². The first kappa shape index (κ1) is 17.5.